The van der Waals surface area contributed by atoms with E-state index in [1.807, 2.05) is 36.4 Å². The molecule has 1 aliphatic carbocycles. The monoisotopic (exact) mass is 291 g/mol. The molecular weight excluding hydrogens is 274 g/mol. The van der Waals surface area contributed by atoms with E-state index in [1.165, 1.54) is 0 Å². The minimum Gasteiger partial charge on any atom is -0.460 e. The van der Waals surface area contributed by atoms with Gasteiger partial charge in [0.25, 0.3) is 0 Å². The molecule has 0 aliphatic heterocycles. The second-order valence-corrected chi connectivity index (χ2v) is 5.91. The topological polar surface area (TPSA) is 45.4 Å². The van der Waals surface area contributed by atoms with Crippen LogP contribution >= 0.6 is 11.6 Å². The fourth-order valence-electron chi connectivity index (χ4n) is 2.30. The van der Waals surface area contributed by atoms with Crippen molar-refractivity contribution >= 4 is 11.6 Å². The number of halogens is 1. The van der Waals surface area contributed by atoms with Gasteiger partial charge in [0.1, 0.15) is 11.5 Å². The molecule has 0 bridgehead atoms. The molecule has 1 heterocycles. The first kappa shape index (κ1) is 13.7. The Morgan fingerprint density at radius 2 is 2.00 bits per heavy atom. The third-order valence-electron chi connectivity index (χ3n) is 3.89. The van der Waals surface area contributed by atoms with Crippen molar-refractivity contribution < 1.29 is 9.52 Å². The molecule has 1 aromatic heterocycles. The molecule has 1 fully saturated rings. The molecule has 0 atom stereocenters. The quantitative estimate of drug-likeness (QED) is 0.857. The zero-order chi connectivity index (χ0) is 14.0. The molecule has 2 aromatic rings. The maximum Gasteiger partial charge on any atom is 0.135 e. The Balaban J connectivity index is 1.61. The first-order valence-corrected chi connectivity index (χ1v) is 7.25. The lowest BCUT2D eigenvalue weighted by Crippen LogP contribution is -2.25. The Kier molecular flexibility index (Phi) is 3.83. The third kappa shape index (κ3) is 2.90. The third-order valence-corrected chi connectivity index (χ3v) is 4.22. The summed E-state index contributed by atoms with van der Waals surface area (Å²) in [5.74, 6) is 1.67. The standard InChI is InChI=1S/C16H18ClNO2/c17-14-4-2-1-3-13(14)15-6-5-12(20-15)9-18-10-16(11-19)7-8-16/h1-6,18-19H,7-11H2. The van der Waals surface area contributed by atoms with Crippen molar-refractivity contribution in [3.8, 4) is 11.3 Å². The summed E-state index contributed by atoms with van der Waals surface area (Å²) in [7, 11) is 0. The molecule has 0 amide bonds. The summed E-state index contributed by atoms with van der Waals surface area (Å²) >= 11 is 6.16. The van der Waals surface area contributed by atoms with Gasteiger partial charge in [0.05, 0.1) is 11.6 Å². The molecule has 0 saturated heterocycles. The SMILES string of the molecule is OCC1(CNCc2ccc(-c3ccccc3Cl)o2)CC1. The average molecular weight is 292 g/mol. The van der Waals surface area contributed by atoms with Gasteiger partial charge in [-0.3, -0.25) is 0 Å². The van der Waals surface area contributed by atoms with Gasteiger partial charge in [-0.2, -0.15) is 0 Å². The van der Waals surface area contributed by atoms with Gasteiger partial charge in [-0.25, -0.2) is 0 Å². The van der Waals surface area contributed by atoms with Gasteiger partial charge in [-0.05, 0) is 37.1 Å². The van der Waals surface area contributed by atoms with E-state index in [1.54, 1.807) is 0 Å². The molecule has 2 N–H and O–H groups in total. The van der Waals surface area contributed by atoms with Crippen LogP contribution in [0, 0.1) is 5.41 Å². The van der Waals surface area contributed by atoms with Crippen LogP contribution in [0.3, 0.4) is 0 Å². The van der Waals surface area contributed by atoms with Crippen molar-refractivity contribution in [2.75, 3.05) is 13.2 Å². The molecule has 20 heavy (non-hydrogen) atoms. The Morgan fingerprint density at radius 1 is 1.20 bits per heavy atom. The first-order chi connectivity index (χ1) is 9.72. The number of rotatable bonds is 6. The van der Waals surface area contributed by atoms with Crippen LogP contribution in [0.2, 0.25) is 5.02 Å². The van der Waals surface area contributed by atoms with E-state index in [2.05, 4.69) is 5.32 Å². The van der Waals surface area contributed by atoms with Crippen LogP contribution in [-0.4, -0.2) is 18.3 Å². The largest absolute Gasteiger partial charge is 0.460 e. The summed E-state index contributed by atoms with van der Waals surface area (Å²) in [6.07, 6.45) is 2.22. The van der Waals surface area contributed by atoms with Gasteiger partial charge in [-0.1, -0.05) is 23.7 Å². The number of hydrogen-bond donors (Lipinski definition) is 2. The summed E-state index contributed by atoms with van der Waals surface area (Å²) in [4.78, 5) is 0. The van der Waals surface area contributed by atoms with Crippen molar-refractivity contribution in [2.45, 2.75) is 19.4 Å². The average Bonchev–Trinajstić information content (AvgIpc) is 3.09. The van der Waals surface area contributed by atoms with E-state index < -0.39 is 0 Å². The van der Waals surface area contributed by atoms with Crippen molar-refractivity contribution in [1.29, 1.82) is 0 Å². The Bertz CT molecular complexity index is 590. The minimum atomic E-state index is 0.123. The fraction of sp³-hybridized carbons (Fsp3) is 0.375. The summed E-state index contributed by atoms with van der Waals surface area (Å²) in [5, 5.41) is 13.3. The molecule has 0 spiro atoms. The maximum atomic E-state index is 9.26. The highest BCUT2D eigenvalue weighted by molar-refractivity contribution is 6.33. The second kappa shape index (κ2) is 5.60. The number of benzene rings is 1. The van der Waals surface area contributed by atoms with E-state index in [9.17, 15) is 5.11 Å². The normalized spacial score (nSPS) is 16.3. The lowest BCUT2D eigenvalue weighted by Gasteiger charge is -2.11. The molecular formula is C16H18ClNO2. The number of aliphatic hydroxyl groups excluding tert-OH is 1. The van der Waals surface area contributed by atoms with Crippen LogP contribution in [0.4, 0.5) is 0 Å². The second-order valence-electron chi connectivity index (χ2n) is 5.51. The van der Waals surface area contributed by atoms with Crippen molar-refractivity contribution in [3.05, 3.63) is 47.2 Å². The van der Waals surface area contributed by atoms with Crippen LogP contribution in [0.5, 0.6) is 0 Å². The molecule has 0 radical (unpaired) electrons. The number of furan rings is 1. The minimum absolute atomic E-state index is 0.123. The van der Waals surface area contributed by atoms with E-state index in [0.717, 1.165) is 36.5 Å². The zero-order valence-electron chi connectivity index (χ0n) is 11.2. The van der Waals surface area contributed by atoms with Crippen molar-refractivity contribution in [1.82, 2.24) is 5.32 Å². The highest BCUT2D eigenvalue weighted by Crippen LogP contribution is 2.44. The van der Waals surface area contributed by atoms with Gasteiger partial charge < -0.3 is 14.8 Å². The van der Waals surface area contributed by atoms with Crippen LogP contribution in [0.15, 0.2) is 40.8 Å². The van der Waals surface area contributed by atoms with Gasteiger partial charge in [0.15, 0.2) is 0 Å². The van der Waals surface area contributed by atoms with Gasteiger partial charge in [0, 0.05) is 24.1 Å². The predicted molar refractivity (Wildman–Crippen MR) is 79.6 cm³/mol. The van der Waals surface area contributed by atoms with E-state index in [-0.39, 0.29) is 12.0 Å². The summed E-state index contributed by atoms with van der Waals surface area (Å²) in [5.41, 5.74) is 1.03. The Hall–Kier alpha value is -1.29. The van der Waals surface area contributed by atoms with E-state index in [4.69, 9.17) is 16.0 Å². The Labute approximate surface area is 123 Å². The highest BCUT2D eigenvalue weighted by atomic mass is 35.5. The summed E-state index contributed by atoms with van der Waals surface area (Å²) in [6, 6.07) is 11.6. The smallest absolute Gasteiger partial charge is 0.135 e. The van der Waals surface area contributed by atoms with Gasteiger partial charge in [-0.15, -0.1) is 0 Å². The molecule has 3 nitrogen and oxygen atoms in total. The molecule has 4 heteroatoms. The van der Waals surface area contributed by atoms with E-state index in [0.29, 0.717) is 11.6 Å². The molecule has 3 rings (SSSR count). The molecule has 1 saturated carbocycles. The lowest BCUT2D eigenvalue weighted by molar-refractivity contribution is 0.206. The molecule has 0 unspecified atom stereocenters. The van der Waals surface area contributed by atoms with Crippen LogP contribution in [-0.2, 0) is 6.54 Å². The van der Waals surface area contributed by atoms with E-state index >= 15 is 0 Å². The number of nitrogens with one attached hydrogen (secondary N) is 1. The Morgan fingerprint density at radius 3 is 2.70 bits per heavy atom. The molecule has 106 valence electrons. The number of aliphatic hydroxyl groups is 1. The number of hydrogen-bond acceptors (Lipinski definition) is 3. The lowest BCUT2D eigenvalue weighted by atomic mass is 10.1. The van der Waals surface area contributed by atoms with Crippen molar-refractivity contribution in [2.24, 2.45) is 5.41 Å². The fourth-order valence-corrected chi connectivity index (χ4v) is 2.53. The predicted octanol–water partition coefficient (Wildman–Crippen LogP) is 3.46. The van der Waals surface area contributed by atoms with Crippen LogP contribution in [0.25, 0.3) is 11.3 Å². The highest BCUT2D eigenvalue weighted by Gasteiger charge is 2.41. The first-order valence-electron chi connectivity index (χ1n) is 6.88. The zero-order valence-corrected chi connectivity index (χ0v) is 12.0. The summed E-state index contributed by atoms with van der Waals surface area (Å²) < 4.78 is 5.81. The maximum absolute atomic E-state index is 9.26. The molecule has 1 aromatic carbocycles. The summed E-state index contributed by atoms with van der Waals surface area (Å²) in [6.45, 7) is 1.78. The van der Waals surface area contributed by atoms with Gasteiger partial charge in [0.2, 0.25) is 0 Å². The van der Waals surface area contributed by atoms with Crippen molar-refractivity contribution in [3.63, 3.8) is 0 Å². The van der Waals surface area contributed by atoms with Crippen LogP contribution < -0.4 is 5.32 Å². The van der Waals surface area contributed by atoms with Gasteiger partial charge >= 0.3 is 0 Å². The van der Waals surface area contributed by atoms with Crippen LogP contribution in [0.1, 0.15) is 18.6 Å². The molecule has 1 aliphatic rings.